The Morgan fingerprint density at radius 3 is 1.72 bits per heavy atom. The topological polar surface area (TPSA) is 37.3 Å². The molecule has 0 aliphatic rings. The van der Waals surface area contributed by atoms with Crippen molar-refractivity contribution in [3.8, 4) is 0 Å². The molecule has 0 heterocycles. The Hall–Kier alpha value is -0.0500. The van der Waals surface area contributed by atoms with Crippen LogP contribution in [0.4, 0.5) is 0 Å². The number of carboxylic acids is 1. The first kappa shape index (κ1) is 24.9. The van der Waals surface area contributed by atoms with Crippen LogP contribution in [0, 0.1) is 11.8 Å². The van der Waals surface area contributed by atoms with Crippen molar-refractivity contribution < 1.29 is 9.90 Å². The van der Waals surface area contributed by atoms with Gasteiger partial charge in [-0.2, -0.15) is 0 Å². The van der Waals surface area contributed by atoms with Crippen molar-refractivity contribution in [3.05, 3.63) is 0 Å². The van der Waals surface area contributed by atoms with E-state index in [0.717, 1.165) is 17.7 Å². The Labute approximate surface area is 165 Å². The zero-order valence-electron chi connectivity index (χ0n) is 16.9. The van der Waals surface area contributed by atoms with E-state index < -0.39 is 5.97 Å². The van der Waals surface area contributed by atoms with Gasteiger partial charge in [-0.05, 0) is 24.7 Å². The summed E-state index contributed by atoms with van der Waals surface area (Å²) in [5, 5.41) is 10.2. The zero-order chi connectivity index (χ0) is 18.8. The highest BCUT2D eigenvalue weighted by Crippen LogP contribution is 2.32. The van der Waals surface area contributed by atoms with Gasteiger partial charge in [0.25, 0.3) is 0 Å². The first-order valence-corrected chi connectivity index (χ1v) is 12.1. The smallest absolute Gasteiger partial charge is 0.303 e. The molecule has 0 fully saturated rings. The maximum atomic E-state index is 11.1. The molecule has 3 heteroatoms. The van der Waals surface area contributed by atoms with Crippen LogP contribution >= 0.6 is 15.9 Å². The minimum Gasteiger partial charge on any atom is -0.481 e. The van der Waals surface area contributed by atoms with Crippen LogP contribution < -0.4 is 0 Å². The van der Waals surface area contributed by atoms with Gasteiger partial charge in [-0.3, -0.25) is 4.79 Å². The summed E-state index contributed by atoms with van der Waals surface area (Å²) in [6.45, 7) is 4.53. The molecule has 2 unspecified atom stereocenters. The highest BCUT2D eigenvalue weighted by atomic mass is 79.9. The molecular weight excluding hydrogens is 376 g/mol. The van der Waals surface area contributed by atoms with Crippen molar-refractivity contribution in [2.24, 2.45) is 11.8 Å². The van der Waals surface area contributed by atoms with E-state index in [1.165, 1.54) is 89.9 Å². The number of hydrogen-bond donors (Lipinski definition) is 1. The SMILES string of the molecule is CCCCCCCCC(CCCCC)C(CCCCBr)CCC(=O)O. The summed E-state index contributed by atoms with van der Waals surface area (Å²) in [4.78, 5) is 11.1. The van der Waals surface area contributed by atoms with Crippen LogP contribution in [-0.4, -0.2) is 16.4 Å². The van der Waals surface area contributed by atoms with E-state index in [9.17, 15) is 4.79 Å². The molecule has 150 valence electrons. The van der Waals surface area contributed by atoms with Gasteiger partial charge in [-0.1, -0.05) is 113 Å². The summed E-state index contributed by atoms with van der Waals surface area (Å²) < 4.78 is 0. The molecule has 2 atom stereocenters. The van der Waals surface area contributed by atoms with Gasteiger partial charge in [0.15, 0.2) is 0 Å². The van der Waals surface area contributed by atoms with Crippen molar-refractivity contribution in [3.63, 3.8) is 0 Å². The molecule has 0 aromatic rings. The number of unbranched alkanes of at least 4 members (excludes halogenated alkanes) is 8. The van der Waals surface area contributed by atoms with Crippen LogP contribution in [0.5, 0.6) is 0 Å². The monoisotopic (exact) mass is 418 g/mol. The van der Waals surface area contributed by atoms with Crippen LogP contribution in [0.3, 0.4) is 0 Å². The predicted molar refractivity (Wildman–Crippen MR) is 114 cm³/mol. The molecule has 25 heavy (non-hydrogen) atoms. The Kier molecular flexibility index (Phi) is 18.7. The maximum absolute atomic E-state index is 11.1. The zero-order valence-corrected chi connectivity index (χ0v) is 18.5. The number of hydrogen-bond acceptors (Lipinski definition) is 1. The standard InChI is InChI=1S/C22H43BrO2/c1-3-5-7-8-9-11-15-20(14-10-6-4-2)21(16-12-13-19-23)17-18-22(24)25/h20-21H,3-19H2,1-2H3,(H,24,25). The Morgan fingerprint density at radius 1 is 0.720 bits per heavy atom. The van der Waals surface area contributed by atoms with Gasteiger partial charge in [0.1, 0.15) is 0 Å². The molecule has 0 saturated heterocycles. The molecule has 0 aliphatic heterocycles. The van der Waals surface area contributed by atoms with E-state index >= 15 is 0 Å². The first-order chi connectivity index (χ1) is 12.2. The Balaban J connectivity index is 4.47. The van der Waals surface area contributed by atoms with Crippen molar-refractivity contribution in [2.75, 3.05) is 5.33 Å². The number of halogens is 1. The lowest BCUT2D eigenvalue weighted by Gasteiger charge is -2.27. The number of carboxylic acid groups (broad SMARTS) is 1. The van der Waals surface area contributed by atoms with E-state index in [0.29, 0.717) is 12.3 Å². The fourth-order valence-corrected chi connectivity index (χ4v) is 4.28. The summed E-state index contributed by atoms with van der Waals surface area (Å²) >= 11 is 3.53. The Morgan fingerprint density at radius 2 is 1.16 bits per heavy atom. The third kappa shape index (κ3) is 15.9. The molecule has 0 aromatic carbocycles. The number of alkyl halides is 1. The molecule has 0 saturated carbocycles. The summed E-state index contributed by atoms with van der Waals surface area (Å²) in [6.07, 6.45) is 19.5. The van der Waals surface area contributed by atoms with Gasteiger partial charge in [0.05, 0.1) is 0 Å². The largest absolute Gasteiger partial charge is 0.481 e. The lowest BCUT2D eigenvalue weighted by atomic mass is 9.78. The third-order valence-corrected chi connectivity index (χ3v) is 6.02. The van der Waals surface area contributed by atoms with Crippen LogP contribution in [0.25, 0.3) is 0 Å². The second-order valence-electron chi connectivity index (χ2n) is 7.69. The summed E-state index contributed by atoms with van der Waals surface area (Å²) in [5.74, 6) is 0.729. The molecule has 0 bridgehead atoms. The van der Waals surface area contributed by atoms with Gasteiger partial charge in [0, 0.05) is 11.8 Å². The fraction of sp³-hybridized carbons (Fsp3) is 0.955. The molecule has 0 aliphatic carbocycles. The van der Waals surface area contributed by atoms with Crippen LogP contribution in [0.1, 0.15) is 117 Å². The van der Waals surface area contributed by atoms with Gasteiger partial charge in [-0.25, -0.2) is 0 Å². The van der Waals surface area contributed by atoms with Crippen LogP contribution in [0.15, 0.2) is 0 Å². The highest BCUT2D eigenvalue weighted by molar-refractivity contribution is 9.09. The molecule has 2 nitrogen and oxygen atoms in total. The molecular formula is C22H43BrO2. The Bertz CT molecular complexity index is 294. The second-order valence-corrected chi connectivity index (χ2v) is 8.48. The van der Waals surface area contributed by atoms with Gasteiger partial charge in [-0.15, -0.1) is 0 Å². The minimum absolute atomic E-state index is 0.347. The first-order valence-electron chi connectivity index (χ1n) is 10.9. The molecule has 0 aromatic heterocycles. The van der Waals surface area contributed by atoms with Crippen molar-refractivity contribution >= 4 is 21.9 Å². The van der Waals surface area contributed by atoms with Crippen molar-refractivity contribution in [1.29, 1.82) is 0 Å². The number of carbonyl (C=O) groups is 1. The van der Waals surface area contributed by atoms with Gasteiger partial charge in [0.2, 0.25) is 0 Å². The van der Waals surface area contributed by atoms with Crippen molar-refractivity contribution in [2.45, 2.75) is 117 Å². The number of aliphatic carboxylic acids is 1. The maximum Gasteiger partial charge on any atom is 0.303 e. The lowest BCUT2D eigenvalue weighted by Crippen LogP contribution is -2.17. The van der Waals surface area contributed by atoms with E-state index in [1.54, 1.807) is 0 Å². The second kappa shape index (κ2) is 18.7. The molecule has 0 rings (SSSR count). The average Bonchev–Trinajstić information content (AvgIpc) is 2.59. The molecule has 1 N–H and O–H groups in total. The highest BCUT2D eigenvalue weighted by Gasteiger charge is 2.21. The van der Waals surface area contributed by atoms with E-state index in [-0.39, 0.29) is 0 Å². The van der Waals surface area contributed by atoms with E-state index in [2.05, 4.69) is 29.8 Å². The van der Waals surface area contributed by atoms with E-state index in [1.807, 2.05) is 0 Å². The normalized spacial score (nSPS) is 13.7. The average molecular weight is 419 g/mol. The molecule has 0 spiro atoms. The number of rotatable bonds is 19. The van der Waals surface area contributed by atoms with E-state index in [4.69, 9.17) is 5.11 Å². The summed E-state index contributed by atoms with van der Waals surface area (Å²) in [5.41, 5.74) is 0. The van der Waals surface area contributed by atoms with Gasteiger partial charge >= 0.3 is 5.97 Å². The molecule has 0 amide bonds. The predicted octanol–water partition coefficient (Wildman–Crippen LogP) is 7.98. The summed E-state index contributed by atoms with van der Waals surface area (Å²) in [6, 6.07) is 0. The van der Waals surface area contributed by atoms with Gasteiger partial charge < -0.3 is 5.11 Å². The molecule has 0 radical (unpaired) electrons. The fourth-order valence-electron chi connectivity index (χ4n) is 3.88. The quantitative estimate of drug-likeness (QED) is 0.170. The summed E-state index contributed by atoms with van der Waals surface area (Å²) in [7, 11) is 0. The minimum atomic E-state index is -0.627. The van der Waals surface area contributed by atoms with Crippen LogP contribution in [0.2, 0.25) is 0 Å². The lowest BCUT2D eigenvalue weighted by molar-refractivity contribution is -0.137. The van der Waals surface area contributed by atoms with Crippen molar-refractivity contribution in [1.82, 2.24) is 0 Å². The third-order valence-electron chi connectivity index (χ3n) is 5.46. The van der Waals surface area contributed by atoms with Crippen LogP contribution in [-0.2, 0) is 4.79 Å².